The summed E-state index contributed by atoms with van der Waals surface area (Å²) in [6.45, 7) is 6.94. The minimum absolute atomic E-state index is 0.164. The molecule has 1 amide bonds. The Bertz CT molecular complexity index is 986. The molecule has 0 fully saturated rings. The zero-order chi connectivity index (χ0) is 21.4. The molecule has 0 bridgehead atoms. The highest BCUT2D eigenvalue weighted by Crippen LogP contribution is 2.38. The Morgan fingerprint density at radius 2 is 1.90 bits per heavy atom. The maximum atomic E-state index is 12.7. The van der Waals surface area contributed by atoms with E-state index >= 15 is 0 Å². The smallest absolute Gasteiger partial charge is 0.274 e. The summed E-state index contributed by atoms with van der Waals surface area (Å²) in [6.07, 6.45) is 2.64. The molecule has 8 heteroatoms. The lowest BCUT2D eigenvalue weighted by Gasteiger charge is -2.33. The quantitative estimate of drug-likeness (QED) is 0.804. The van der Waals surface area contributed by atoms with E-state index in [-0.39, 0.29) is 22.8 Å². The fourth-order valence-electron chi connectivity index (χ4n) is 3.58. The first-order valence-electron chi connectivity index (χ1n) is 9.77. The number of sulfonamides is 1. The van der Waals surface area contributed by atoms with Crippen molar-refractivity contribution in [2.45, 2.75) is 51.5 Å². The highest BCUT2D eigenvalue weighted by molar-refractivity contribution is 7.89. The first kappa shape index (κ1) is 21.5. The molecule has 0 radical (unpaired) electrons. The second-order valence-electron chi connectivity index (χ2n) is 8.85. The van der Waals surface area contributed by atoms with Crippen LogP contribution in [-0.2, 0) is 29.4 Å². The van der Waals surface area contributed by atoms with Gasteiger partial charge in [0.2, 0.25) is 10.0 Å². The molecule has 0 saturated carbocycles. The van der Waals surface area contributed by atoms with Gasteiger partial charge in [0.25, 0.3) is 5.91 Å². The molecule has 1 unspecified atom stereocenters. The topological polar surface area (TPSA) is 92.5 Å². The van der Waals surface area contributed by atoms with Gasteiger partial charge in [0.15, 0.2) is 5.69 Å². The number of hydrogen-bond acceptors (Lipinski definition) is 5. The molecule has 1 heterocycles. The van der Waals surface area contributed by atoms with Crippen LogP contribution >= 0.6 is 0 Å². The minimum Gasteiger partial charge on any atom is -0.360 e. The summed E-state index contributed by atoms with van der Waals surface area (Å²) >= 11 is 0. The van der Waals surface area contributed by atoms with E-state index in [4.69, 9.17) is 4.52 Å². The fraction of sp³-hybridized carbons (Fsp3) is 0.524. The van der Waals surface area contributed by atoms with Crippen molar-refractivity contribution in [1.29, 1.82) is 0 Å². The standard InChI is InChI=1S/C21H29N3O4S/c1-21(2,3)15-8-11-18-17(12-15)19(23-28-18)20(25)22-13-14-6-9-16(10-7-14)29(26,27)24(4)5/h6-7,9-10,15H,8,11-13H2,1-5H3,(H,22,25). The second-order valence-corrected chi connectivity index (χ2v) is 11.0. The molecule has 1 aromatic heterocycles. The lowest BCUT2D eigenvalue weighted by atomic mass is 9.71. The number of hydrogen-bond donors (Lipinski definition) is 1. The molecular formula is C21H29N3O4S. The third kappa shape index (κ3) is 4.53. The number of carbonyl (C=O) groups is 1. The number of amides is 1. The molecule has 1 aliphatic rings. The Hall–Kier alpha value is -2.19. The Morgan fingerprint density at radius 1 is 1.24 bits per heavy atom. The van der Waals surface area contributed by atoms with E-state index in [1.165, 1.54) is 18.4 Å². The van der Waals surface area contributed by atoms with Crippen molar-refractivity contribution in [3.05, 3.63) is 46.8 Å². The lowest BCUT2D eigenvalue weighted by molar-refractivity contribution is 0.0940. The molecule has 0 saturated heterocycles. The third-order valence-corrected chi connectivity index (χ3v) is 7.46. The zero-order valence-electron chi connectivity index (χ0n) is 17.7. The molecule has 0 spiro atoms. The molecule has 2 aromatic rings. The molecule has 1 N–H and O–H groups in total. The van der Waals surface area contributed by atoms with E-state index in [0.717, 1.165) is 36.1 Å². The Morgan fingerprint density at radius 3 is 2.48 bits per heavy atom. The molecule has 158 valence electrons. The summed E-state index contributed by atoms with van der Waals surface area (Å²) in [4.78, 5) is 12.9. The van der Waals surface area contributed by atoms with Gasteiger partial charge in [0, 0.05) is 32.6 Å². The first-order chi connectivity index (χ1) is 13.5. The van der Waals surface area contributed by atoms with E-state index in [2.05, 4.69) is 31.2 Å². The lowest BCUT2D eigenvalue weighted by Crippen LogP contribution is -2.29. The van der Waals surface area contributed by atoms with Crippen LogP contribution in [0.5, 0.6) is 0 Å². The van der Waals surface area contributed by atoms with Crippen LogP contribution < -0.4 is 5.32 Å². The predicted molar refractivity (Wildman–Crippen MR) is 110 cm³/mol. The number of benzene rings is 1. The molecule has 3 rings (SSSR count). The first-order valence-corrected chi connectivity index (χ1v) is 11.2. The maximum Gasteiger partial charge on any atom is 0.274 e. The van der Waals surface area contributed by atoms with Crippen molar-refractivity contribution in [2.24, 2.45) is 11.3 Å². The summed E-state index contributed by atoms with van der Waals surface area (Å²) in [5.41, 5.74) is 2.25. The van der Waals surface area contributed by atoms with Crippen molar-refractivity contribution in [2.75, 3.05) is 14.1 Å². The van der Waals surface area contributed by atoms with E-state index in [0.29, 0.717) is 11.6 Å². The Labute approximate surface area is 172 Å². The Kier molecular flexibility index (Phi) is 5.87. The SMILES string of the molecule is CN(C)S(=O)(=O)c1ccc(CNC(=O)c2noc3c2CC(C(C)(C)C)CC3)cc1. The van der Waals surface area contributed by atoms with Gasteiger partial charge in [-0.05, 0) is 41.9 Å². The highest BCUT2D eigenvalue weighted by atomic mass is 32.2. The van der Waals surface area contributed by atoms with Crippen molar-refractivity contribution in [3.8, 4) is 0 Å². The predicted octanol–water partition coefficient (Wildman–Crippen LogP) is 3.01. The molecule has 1 atom stereocenters. The van der Waals surface area contributed by atoms with Crippen LogP contribution in [0, 0.1) is 11.3 Å². The van der Waals surface area contributed by atoms with Gasteiger partial charge in [-0.25, -0.2) is 12.7 Å². The molecule has 7 nitrogen and oxygen atoms in total. The third-order valence-electron chi connectivity index (χ3n) is 5.63. The van der Waals surface area contributed by atoms with Gasteiger partial charge in [-0.15, -0.1) is 0 Å². The largest absolute Gasteiger partial charge is 0.360 e. The van der Waals surface area contributed by atoms with Crippen LogP contribution in [0.4, 0.5) is 0 Å². The van der Waals surface area contributed by atoms with Gasteiger partial charge in [-0.1, -0.05) is 38.1 Å². The van der Waals surface area contributed by atoms with E-state index < -0.39 is 10.0 Å². The van der Waals surface area contributed by atoms with Crippen LogP contribution in [0.15, 0.2) is 33.7 Å². The second kappa shape index (κ2) is 7.91. The normalized spacial score (nSPS) is 17.2. The monoisotopic (exact) mass is 419 g/mol. The number of nitrogens with zero attached hydrogens (tertiary/aromatic N) is 2. The van der Waals surface area contributed by atoms with Gasteiger partial charge >= 0.3 is 0 Å². The van der Waals surface area contributed by atoms with Crippen LogP contribution in [0.2, 0.25) is 0 Å². The van der Waals surface area contributed by atoms with Gasteiger partial charge in [0.05, 0.1) is 4.90 Å². The van der Waals surface area contributed by atoms with Crippen molar-refractivity contribution in [3.63, 3.8) is 0 Å². The van der Waals surface area contributed by atoms with Crippen LogP contribution in [-0.4, -0.2) is 37.9 Å². The fourth-order valence-corrected chi connectivity index (χ4v) is 4.48. The summed E-state index contributed by atoms with van der Waals surface area (Å²) in [5.74, 6) is 1.02. The van der Waals surface area contributed by atoms with Gasteiger partial charge in [-0.3, -0.25) is 4.79 Å². The van der Waals surface area contributed by atoms with Crippen LogP contribution in [0.1, 0.15) is 54.6 Å². The number of fused-ring (bicyclic) bond motifs is 1. The minimum atomic E-state index is -3.46. The van der Waals surface area contributed by atoms with Crippen molar-refractivity contribution < 1.29 is 17.7 Å². The Balaban J connectivity index is 1.68. The number of aryl methyl sites for hydroxylation is 1. The zero-order valence-corrected chi connectivity index (χ0v) is 18.5. The van der Waals surface area contributed by atoms with Crippen molar-refractivity contribution in [1.82, 2.24) is 14.8 Å². The number of aromatic nitrogens is 1. The summed E-state index contributed by atoms with van der Waals surface area (Å²) < 4.78 is 30.9. The number of rotatable bonds is 5. The molecule has 1 aromatic carbocycles. The molecule has 29 heavy (non-hydrogen) atoms. The summed E-state index contributed by atoms with van der Waals surface area (Å²) in [5, 5.41) is 6.89. The van der Waals surface area contributed by atoms with E-state index in [1.807, 2.05) is 0 Å². The summed E-state index contributed by atoms with van der Waals surface area (Å²) in [7, 11) is -0.480. The number of nitrogens with one attached hydrogen (secondary N) is 1. The van der Waals surface area contributed by atoms with Gasteiger partial charge < -0.3 is 9.84 Å². The maximum absolute atomic E-state index is 12.7. The van der Waals surface area contributed by atoms with E-state index in [1.54, 1.807) is 24.3 Å². The van der Waals surface area contributed by atoms with Gasteiger partial charge in [0.1, 0.15) is 5.76 Å². The van der Waals surface area contributed by atoms with E-state index in [9.17, 15) is 13.2 Å². The highest BCUT2D eigenvalue weighted by Gasteiger charge is 2.34. The van der Waals surface area contributed by atoms with Crippen LogP contribution in [0.25, 0.3) is 0 Å². The van der Waals surface area contributed by atoms with Gasteiger partial charge in [-0.2, -0.15) is 0 Å². The molecule has 0 aliphatic heterocycles. The van der Waals surface area contributed by atoms with Crippen molar-refractivity contribution >= 4 is 15.9 Å². The number of carbonyl (C=O) groups excluding carboxylic acids is 1. The molecule has 1 aliphatic carbocycles. The summed E-state index contributed by atoms with van der Waals surface area (Å²) in [6, 6.07) is 6.49. The molecular weight excluding hydrogens is 390 g/mol. The average molecular weight is 420 g/mol. The average Bonchev–Trinajstić information content (AvgIpc) is 3.09. The van der Waals surface area contributed by atoms with Crippen LogP contribution in [0.3, 0.4) is 0 Å².